The number of benzene rings is 1. The van der Waals surface area contributed by atoms with Gasteiger partial charge in [-0.15, -0.1) is 5.73 Å². The fourth-order valence-corrected chi connectivity index (χ4v) is 1.29. The zero-order valence-electron chi connectivity index (χ0n) is 10.1. The Hall–Kier alpha value is -2.03. The molecule has 0 unspecified atom stereocenters. The Kier molecular flexibility index (Phi) is 6.26. The Morgan fingerprint density at radius 1 is 1.29 bits per heavy atom. The molecule has 0 amide bonds. The molecule has 0 saturated heterocycles. The molecule has 1 aromatic carbocycles. The van der Waals surface area contributed by atoms with Gasteiger partial charge in [0.1, 0.15) is 0 Å². The van der Waals surface area contributed by atoms with E-state index in [9.17, 15) is 4.79 Å². The van der Waals surface area contributed by atoms with Crippen molar-refractivity contribution in [2.24, 2.45) is 0 Å². The van der Waals surface area contributed by atoms with E-state index in [1.807, 2.05) is 49.4 Å². The molecule has 0 atom stereocenters. The van der Waals surface area contributed by atoms with Gasteiger partial charge >= 0.3 is 0 Å². The zero-order valence-corrected chi connectivity index (χ0v) is 10.1. The van der Waals surface area contributed by atoms with E-state index in [1.165, 1.54) is 0 Å². The molecule has 1 aromatic rings. The SMILES string of the molecule is CC=C=CCCCC(=O)C#Cc1ccccc1. The van der Waals surface area contributed by atoms with Gasteiger partial charge in [0.25, 0.3) is 0 Å². The van der Waals surface area contributed by atoms with Crippen molar-refractivity contribution in [2.75, 3.05) is 0 Å². The van der Waals surface area contributed by atoms with Crippen molar-refractivity contribution in [3.05, 3.63) is 53.8 Å². The third-order valence-electron chi connectivity index (χ3n) is 2.16. The van der Waals surface area contributed by atoms with Crippen LogP contribution in [0.15, 0.2) is 48.2 Å². The molecule has 0 aromatic heterocycles. The van der Waals surface area contributed by atoms with Crippen molar-refractivity contribution in [1.82, 2.24) is 0 Å². The quantitative estimate of drug-likeness (QED) is 0.434. The summed E-state index contributed by atoms with van der Waals surface area (Å²) in [7, 11) is 0. The van der Waals surface area contributed by atoms with E-state index < -0.39 is 0 Å². The molecule has 1 nitrogen and oxygen atoms in total. The summed E-state index contributed by atoms with van der Waals surface area (Å²) in [6.07, 6.45) is 6.03. The maximum atomic E-state index is 11.4. The molecule has 17 heavy (non-hydrogen) atoms. The topological polar surface area (TPSA) is 17.1 Å². The summed E-state index contributed by atoms with van der Waals surface area (Å²) in [5.74, 6) is 5.53. The Labute approximate surface area is 103 Å². The highest BCUT2D eigenvalue weighted by Crippen LogP contribution is 1.98. The second kappa shape index (κ2) is 8.16. The average Bonchev–Trinajstić information content (AvgIpc) is 2.37. The largest absolute Gasteiger partial charge is 0.285 e. The number of unbranched alkanes of at least 4 members (excludes halogenated alkanes) is 1. The Balaban J connectivity index is 2.35. The summed E-state index contributed by atoms with van der Waals surface area (Å²) >= 11 is 0. The molecule has 1 heteroatoms. The summed E-state index contributed by atoms with van der Waals surface area (Å²) in [6.45, 7) is 1.92. The first-order valence-electron chi connectivity index (χ1n) is 5.78. The first-order valence-corrected chi connectivity index (χ1v) is 5.78. The van der Waals surface area contributed by atoms with E-state index in [-0.39, 0.29) is 5.78 Å². The monoisotopic (exact) mass is 224 g/mol. The molecule has 0 aliphatic rings. The minimum Gasteiger partial charge on any atom is -0.285 e. The molecule has 0 aliphatic carbocycles. The maximum Gasteiger partial charge on any atom is 0.205 e. The van der Waals surface area contributed by atoms with E-state index in [1.54, 1.807) is 0 Å². The van der Waals surface area contributed by atoms with Crippen LogP contribution in [0.4, 0.5) is 0 Å². The van der Waals surface area contributed by atoms with Crippen LogP contribution in [0.1, 0.15) is 31.7 Å². The highest BCUT2D eigenvalue weighted by molar-refractivity contribution is 5.95. The van der Waals surface area contributed by atoms with Crippen LogP contribution in [-0.4, -0.2) is 5.78 Å². The first-order chi connectivity index (χ1) is 8.33. The van der Waals surface area contributed by atoms with Gasteiger partial charge in [-0.2, -0.15) is 0 Å². The number of rotatable bonds is 4. The number of ketones is 1. The minimum absolute atomic E-state index is 0.00253. The smallest absolute Gasteiger partial charge is 0.205 e. The van der Waals surface area contributed by atoms with Crippen molar-refractivity contribution in [3.8, 4) is 11.8 Å². The van der Waals surface area contributed by atoms with Gasteiger partial charge in [-0.3, -0.25) is 4.79 Å². The average molecular weight is 224 g/mol. The highest BCUT2D eigenvalue weighted by Gasteiger charge is 1.94. The maximum absolute atomic E-state index is 11.4. The van der Waals surface area contributed by atoms with E-state index in [0.29, 0.717) is 6.42 Å². The lowest BCUT2D eigenvalue weighted by molar-refractivity contribution is -0.113. The Morgan fingerprint density at radius 2 is 2.06 bits per heavy atom. The number of carbonyl (C=O) groups is 1. The van der Waals surface area contributed by atoms with Crippen LogP contribution in [-0.2, 0) is 4.79 Å². The van der Waals surface area contributed by atoms with E-state index in [2.05, 4.69) is 17.6 Å². The highest BCUT2D eigenvalue weighted by atomic mass is 16.1. The zero-order chi connectivity index (χ0) is 12.3. The number of Topliss-reactive ketones (excluding diaryl/α,β-unsaturated/α-hetero) is 1. The molecule has 0 N–H and O–H groups in total. The molecule has 86 valence electrons. The molecule has 1 rings (SSSR count). The van der Waals surface area contributed by atoms with E-state index in [0.717, 1.165) is 18.4 Å². The third-order valence-corrected chi connectivity index (χ3v) is 2.16. The van der Waals surface area contributed by atoms with Crippen LogP contribution in [0.3, 0.4) is 0 Å². The molecule has 0 bridgehead atoms. The van der Waals surface area contributed by atoms with Gasteiger partial charge in [-0.25, -0.2) is 0 Å². The normalized spacial score (nSPS) is 8.53. The Bertz CT molecular complexity index is 465. The molecule has 0 aliphatic heterocycles. The second-order valence-corrected chi connectivity index (χ2v) is 3.59. The lowest BCUT2D eigenvalue weighted by Gasteiger charge is -1.90. The van der Waals surface area contributed by atoms with Crippen LogP contribution >= 0.6 is 0 Å². The fraction of sp³-hybridized carbons (Fsp3) is 0.250. The van der Waals surface area contributed by atoms with Crippen molar-refractivity contribution < 1.29 is 4.79 Å². The number of hydrogen-bond acceptors (Lipinski definition) is 1. The van der Waals surface area contributed by atoms with Crippen molar-refractivity contribution in [2.45, 2.75) is 26.2 Å². The lowest BCUT2D eigenvalue weighted by atomic mass is 10.1. The van der Waals surface area contributed by atoms with E-state index >= 15 is 0 Å². The van der Waals surface area contributed by atoms with Crippen molar-refractivity contribution >= 4 is 5.78 Å². The van der Waals surface area contributed by atoms with Gasteiger partial charge in [-0.05, 0) is 50.0 Å². The minimum atomic E-state index is 0.00253. The van der Waals surface area contributed by atoms with Crippen LogP contribution in [0.25, 0.3) is 0 Å². The summed E-state index contributed by atoms with van der Waals surface area (Å²) < 4.78 is 0. The van der Waals surface area contributed by atoms with Gasteiger partial charge in [0.05, 0.1) is 0 Å². The van der Waals surface area contributed by atoms with Crippen LogP contribution in [0.2, 0.25) is 0 Å². The van der Waals surface area contributed by atoms with Crippen molar-refractivity contribution in [3.63, 3.8) is 0 Å². The molecule has 0 heterocycles. The summed E-state index contributed by atoms with van der Waals surface area (Å²) in [6, 6.07) is 9.55. The molecule has 0 radical (unpaired) electrons. The van der Waals surface area contributed by atoms with Crippen LogP contribution in [0.5, 0.6) is 0 Å². The summed E-state index contributed by atoms with van der Waals surface area (Å²) in [5, 5.41) is 0. The van der Waals surface area contributed by atoms with Gasteiger partial charge < -0.3 is 0 Å². The molecular weight excluding hydrogens is 208 g/mol. The fourth-order valence-electron chi connectivity index (χ4n) is 1.29. The summed E-state index contributed by atoms with van der Waals surface area (Å²) in [5.41, 5.74) is 3.87. The van der Waals surface area contributed by atoms with Gasteiger partial charge in [0, 0.05) is 12.0 Å². The van der Waals surface area contributed by atoms with Crippen LogP contribution < -0.4 is 0 Å². The predicted octanol–water partition coefficient (Wildman–Crippen LogP) is 3.51. The van der Waals surface area contributed by atoms with Crippen molar-refractivity contribution in [1.29, 1.82) is 0 Å². The third kappa shape index (κ3) is 6.20. The van der Waals surface area contributed by atoms with Crippen LogP contribution in [0, 0.1) is 11.8 Å². The number of carbonyl (C=O) groups excluding carboxylic acids is 1. The molecule has 0 saturated carbocycles. The number of hydrogen-bond donors (Lipinski definition) is 0. The van der Waals surface area contributed by atoms with Gasteiger partial charge in [0.2, 0.25) is 5.78 Å². The van der Waals surface area contributed by atoms with E-state index in [4.69, 9.17) is 0 Å². The molecule has 0 fully saturated rings. The number of allylic oxidation sites excluding steroid dienone is 1. The van der Waals surface area contributed by atoms with Gasteiger partial charge in [-0.1, -0.05) is 24.1 Å². The summed E-state index contributed by atoms with van der Waals surface area (Å²) in [4.78, 5) is 11.4. The first kappa shape index (κ1) is 13.0. The molecular formula is C16H16O. The van der Waals surface area contributed by atoms with Gasteiger partial charge in [0.15, 0.2) is 0 Å². The molecule has 0 spiro atoms. The predicted molar refractivity (Wildman–Crippen MR) is 70.5 cm³/mol. The lowest BCUT2D eigenvalue weighted by Crippen LogP contribution is -1.92. The standard InChI is InChI=1S/C16H16O/c1-2-3-4-5-9-12-16(17)14-13-15-10-7-6-8-11-15/h2,4,6-8,10-11H,5,9,12H2,1H3. The Morgan fingerprint density at radius 3 is 2.76 bits per heavy atom. The second-order valence-electron chi connectivity index (χ2n) is 3.59.